The van der Waals surface area contributed by atoms with Crippen LogP contribution in [-0.4, -0.2) is 36.7 Å². The summed E-state index contributed by atoms with van der Waals surface area (Å²) in [6, 6.07) is 3.67. The van der Waals surface area contributed by atoms with Gasteiger partial charge in [0, 0.05) is 18.7 Å². The summed E-state index contributed by atoms with van der Waals surface area (Å²) in [5, 5.41) is 0.457. The van der Waals surface area contributed by atoms with Crippen LogP contribution in [0.3, 0.4) is 0 Å². The molecule has 1 aromatic carbocycles. The molecule has 0 atom stereocenters. The smallest absolute Gasteiger partial charge is 0.181 e. The normalized spacial score (nSPS) is 14.4. The van der Waals surface area contributed by atoms with Gasteiger partial charge in [-0.1, -0.05) is 29.7 Å². The lowest BCUT2D eigenvalue weighted by atomic mass is 10.1. The first-order valence-corrected chi connectivity index (χ1v) is 7.69. The predicted octanol–water partition coefficient (Wildman–Crippen LogP) is 3.52. The van der Waals surface area contributed by atoms with Gasteiger partial charge in [-0.3, -0.25) is 0 Å². The van der Waals surface area contributed by atoms with Gasteiger partial charge in [-0.25, -0.2) is 0 Å². The monoisotopic (exact) mass is 323 g/mol. The van der Waals surface area contributed by atoms with E-state index in [1.165, 1.54) is 19.3 Å². The minimum Gasteiger partial charge on any atom is -0.493 e. The maximum atomic E-state index is 6.28. The van der Waals surface area contributed by atoms with E-state index >= 15 is 0 Å². The summed E-state index contributed by atoms with van der Waals surface area (Å²) < 4.78 is 10.8. The largest absolute Gasteiger partial charge is 0.493 e. The molecule has 0 saturated carbocycles. The molecule has 0 spiro atoms. The van der Waals surface area contributed by atoms with Crippen LogP contribution in [0.15, 0.2) is 12.1 Å². The van der Waals surface area contributed by atoms with Gasteiger partial charge in [-0.05, 0) is 31.4 Å². The zero-order valence-electron chi connectivity index (χ0n) is 12.0. The molecule has 1 saturated heterocycles. The fraction of sp³-hybridized carbons (Fsp3) is 0.438. The van der Waals surface area contributed by atoms with Crippen molar-refractivity contribution >= 4 is 28.8 Å². The molecular formula is C16H18ClNO2S. The second-order valence-electron chi connectivity index (χ2n) is 4.84. The maximum absolute atomic E-state index is 6.28. The number of rotatable bonds is 4. The van der Waals surface area contributed by atoms with Crippen LogP contribution >= 0.6 is 23.8 Å². The molecule has 112 valence electrons. The molecule has 1 aliphatic rings. The van der Waals surface area contributed by atoms with Crippen LogP contribution in [-0.2, 0) is 0 Å². The third kappa shape index (κ3) is 3.81. The molecule has 0 aliphatic carbocycles. The quantitative estimate of drug-likeness (QED) is 0.624. The van der Waals surface area contributed by atoms with Crippen molar-refractivity contribution < 1.29 is 9.47 Å². The highest BCUT2D eigenvalue weighted by Gasteiger charge is 2.19. The Bertz CT molecular complexity index is 562. The van der Waals surface area contributed by atoms with Gasteiger partial charge in [0.1, 0.15) is 11.6 Å². The van der Waals surface area contributed by atoms with Crippen LogP contribution in [0.5, 0.6) is 11.5 Å². The molecule has 0 bridgehead atoms. The van der Waals surface area contributed by atoms with Crippen LogP contribution in [0.4, 0.5) is 0 Å². The topological polar surface area (TPSA) is 21.7 Å². The number of piperidine rings is 1. The van der Waals surface area contributed by atoms with Gasteiger partial charge in [0.2, 0.25) is 0 Å². The van der Waals surface area contributed by atoms with E-state index in [2.05, 4.69) is 10.8 Å². The molecule has 2 rings (SSSR count). The van der Waals surface area contributed by atoms with E-state index in [1.807, 2.05) is 12.1 Å². The van der Waals surface area contributed by atoms with E-state index in [-0.39, 0.29) is 6.61 Å². The van der Waals surface area contributed by atoms with Crippen molar-refractivity contribution in [2.24, 2.45) is 0 Å². The number of benzene rings is 1. The molecule has 0 amide bonds. The number of methoxy groups -OCH3 is 1. The number of hydrogen-bond donors (Lipinski definition) is 0. The molecule has 21 heavy (non-hydrogen) atoms. The molecule has 1 heterocycles. The Kier molecular flexibility index (Phi) is 5.72. The lowest BCUT2D eigenvalue weighted by molar-refractivity contribution is 0.330. The second-order valence-corrected chi connectivity index (χ2v) is 5.63. The summed E-state index contributed by atoms with van der Waals surface area (Å²) in [6.07, 6.45) is 8.82. The number of nitrogens with zero attached hydrogens (tertiary/aromatic N) is 1. The van der Waals surface area contributed by atoms with Crippen LogP contribution < -0.4 is 9.47 Å². The van der Waals surface area contributed by atoms with Crippen molar-refractivity contribution in [2.45, 2.75) is 19.3 Å². The lowest BCUT2D eigenvalue weighted by Gasteiger charge is -2.29. The third-order valence-electron chi connectivity index (χ3n) is 3.42. The SMILES string of the molecule is C#CCOc1c(Cl)cc(C(=S)N2CCCCC2)cc1OC. The van der Waals surface area contributed by atoms with Crippen LogP contribution in [0.1, 0.15) is 24.8 Å². The van der Waals surface area contributed by atoms with Crippen molar-refractivity contribution in [1.29, 1.82) is 0 Å². The number of terminal acetylenes is 1. The molecule has 1 aliphatic heterocycles. The van der Waals surface area contributed by atoms with E-state index < -0.39 is 0 Å². The molecule has 0 N–H and O–H groups in total. The summed E-state index contributed by atoms with van der Waals surface area (Å²) in [4.78, 5) is 3.02. The van der Waals surface area contributed by atoms with Crippen LogP contribution in [0.2, 0.25) is 5.02 Å². The van der Waals surface area contributed by atoms with E-state index in [4.69, 9.17) is 39.7 Å². The molecule has 0 radical (unpaired) electrons. The van der Waals surface area contributed by atoms with E-state index in [9.17, 15) is 0 Å². The Morgan fingerprint density at radius 2 is 2.10 bits per heavy atom. The number of likely N-dealkylation sites (tertiary alicyclic amines) is 1. The Hall–Kier alpha value is -1.44. The molecule has 1 aromatic rings. The average molecular weight is 324 g/mol. The lowest BCUT2D eigenvalue weighted by Crippen LogP contribution is -2.34. The van der Waals surface area contributed by atoms with E-state index in [0.717, 1.165) is 23.6 Å². The Morgan fingerprint density at radius 3 is 2.71 bits per heavy atom. The van der Waals surface area contributed by atoms with Crippen molar-refractivity contribution in [3.63, 3.8) is 0 Å². The summed E-state index contributed by atoms with van der Waals surface area (Å²) in [5.74, 6) is 3.42. The van der Waals surface area contributed by atoms with Gasteiger partial charge in [-0.15, -0.1) is 6.42 Å². The molecule has 5 heteroatoms. The highest BCUT2D eigenvalue weighted by atomic mass is 35.5. The first kappa shape index (κ1) is 15.9. The highest BCUT2D eigenvalue weighted by Crippen LogP contribution is 2.37. The Labute approximate surface area is 136 Å². The number of thiocarbonyl (C=S) groups is 1. The molecule has 1 fully saturated rings. The standard InChI is InChI=1S/C16H18ClNO2S/c1-3-9-20-15-13(17)10-12(11-14(15)19-2)16(21)18-7-5-4-6-8-18/h1,10-11H,4-9H2,2H3. The first-order valence-electron chi connectivity index (χ1n) is 6.90. The molecule has 0 aromatic heterocycles. The van der Waals surface area contributed by atoms with Crippen molar-refractivity contribution in [3.8, 4) is 23.8 Å². The van der Waals surface area contributed by atoms with Crippen LogP contribution in [0.25, 0.3) is 0 Å². The van der Waals surface area contributed by atoms with Gasteiger partial charge in [0.25, 0.3) is 0 Å². The van der Waals surface area contributed by atoms with E-state index in [0.29, 0.717) is 16.5 Å². The van der Waals surface area contributed by atoms with Crippen LogP contribution in [0, 0.1) is 12.3 Å². The summed E-state index contributed by atoms with van der Waals surface area (Å²) in [7, 11) is 1.57. The zero-order valence-corrected chi connectivity index (χ0v) is 13.6. The fourth-order valence-electron chi connectivity index (χ4n) is 2.38. The summed E-state index contributed by atoms with van der Waals surface area (Å²) in [5.41, 5.74) is 0.877. The van der Waals surface area contributed by atoms with Gasteiger partial charge in [-0.2, -0.15) is 0 Å². The van der Waals surface area contributed by atoms with Gasteiger partial charge < -0.3 is 14.4 Å². The Morgan fingerprint density at radius 1 is 1.38 bits per heavy atom. The minimum absolute atomic E-state index is 0.145. The number of halogens is 1. The molecule has 0 unspecified atom stereocenters. The highest BCUT2D eigenvalue weighted by molar-refractivity contribution is 7.80. The Balaban J connectivity index is 2.26. The maximum Gasteiger partial charge on any atom is 0.181 e. The summed E-state index contributed by atoms with van der Waals surface area (Å²) >= 11 is 11.9. The molecular weight excluding hydrogens is 306 g/mol. The third-order valence-corrected chi connectivity index (χ3v) is 4.19. The fourth-order valence-corrected chi connectivity index (χ4v) is 2.94. The van der Waals surface area contributed by atoms with Crippen molar-refractivity contribution in [1.82, 2.24) is 4.90 Å². The van der Waals surface area contributed by atoms with Crippen molar-refractivity contribution in [2.75, 3.05) is 26.8 Å². The second kappa shape index (κ2) is 7.53. The van der Waals surface area contributed by atoms with E-state index in [1.54, 1.807) is 7.11 Å². The number of ether oxygens (including phenoxy) is 2. The van der Waals surface area contributed by atoms with Gasteiger partial charge >= 0.3 is 0 Å². The van der Waals surface area contributed by atoms with Gasteiger partial charge in [0.15, 0.2) is 11.5 Å². The minimum atomic E-state index is 0.145. The predicted molar refractivity (Wildman–Crippen MR) is 89.5 cm³/mol. The van der Waals surface area contributed by atoms with Gasteiger partial charge in [0.05, 0.1) is 12.1 Å². The summed E-state index contributed by atoms with van der Waals surface area (Å²) in [6.45, 7) is 2.13. The number of hydrogen-bond acceptors (Lipinski definition) is 3. The zero-order chi connectivity index (χ0) is 15.2. The average Bonchev–Trinajstić information content (AvgIpc) is 2.53. The molecule has 3 nitrogen and oxygen atoms in total. The first-order chi connectivity index (χ1) is 10.2. The van der Waals surface area contributed by atoms with Crippen molar-refractivity contribution in [3.05, 3.63) is 22.7 Å².